The average Bonchev–Trinajstić information content (AvgIpc) is 2.31. The lowest BCUT2D eigenvalue weighted by Gasteiger charge is -2.10. The molecule has 0 aliphatic carbocycles. The molecule has 0 unspecified atom stereocenters. The Hall–Kier alpha value is -1.36. The van der Waals surface area contributed by atoms with Crippen LogP contribution in [0.4, 0.5) is 0 Å². The lowest BCUT2D eigenvalue weighted by molar-refractivity contribution is 0.373. The molecule has 1 aromatic carbocycles. The van der Waals surface area contributed by atoms with E-state index in [-0.39, 0.29) is 0 Å². The number of hydrogen-bond acceptors (Lipinski definition) is 4. The number of halogens is 1. The first-order chi connectivity index (χ1) is 8.24. The second-order valence-electron chi connectivity index (χ2n) is 3.05. The van der Waals surface area contributed by atoms with E-state index in [1.165, 1.54) is 13.2 Å². The van der Waals surface area contributed by atoms with Gasteiger partial charge in [-0.25, -0.2) is 4.98 Å². The lowest BCUT2D eigenvalue weighted by atomic mass is 10.2. The van der Waals surface area contributed by atoms with Crippen LogP contribution in [-0.2, 0) is 0 Å². The highest BCUT2D eigenvalue weighted by molar-refractivity contribution is 9.10. The van der Waals surface area contributed by atoms with Crippen LogP contribution in [-0.4, -0.2) is 9.97 Å². The molecular weight excluding hydrogens is 284 g/mol. The van der Waals surface area contributed by atoms with Crippen LogP contribution in [0.2, 0.25) is 0 Å². The van der Waals surface area contributed by atoms with Crippen LogP contribution in [0.15, 0.2) is 22.9 Å². The molecule has 2 rings (SSSR count). The standard InChI is InChI=1S/C12H9BrN2O2/c1-3-16-10-5-8-9(6-11(10)17-4-2)15-12(13)7-14-8/h3-7H,1-2H2. The summed E-state index contributed by atoms with van der Waals surface area (Å²) in [5, 5.41) is 0. The Balaban J connectivity index is 2.55. The van der Waals surface area contributed by atoms with Crippen molar-refractivity contribution < 1.29 is 9.47 Å². The van der Waals surface area contributed by atoms with E-state index in [4.69, 9.17) is 9.47 Å². The van der Waals surface area contributed by atoms with Gasteiger partial charge in [0.2, 0.25) is 0 Å². The van der Waals surface area contributed by atoms with Crippen LogP contribution in [0, 0.1) is 27.1 Å². The summed E-state index contributed by atoms with van der Waals surface area (Å²) in [6.07, 6.45) is 1.62. The first-order valence-corrected chi connectivity index (χ1v) is 5.55. The monoisotopic (exact) mass is 292 g/mol. The van der Waals surface area contributed by atoms with E-state index in [2.05, 4.69) is 39.7 Å². The molecule has 0 N–H and O–H groups in total. The van der Waals surface area contributed by atoms with Gasteiger partial charge in [0.25, 0.3) is 0 Å². The van der Waals surface area contributed by atoms with Gasteiger partial charge in [0.1, 0.15) is 17.8 Å². The normalized spacial score (nSPS) is 10.5. The van der Waals surface area contributed by atoms with Crippen LogP contribution < -0.4 is 9.47 Å². The molecule has 1 heterocycles. The van der Waals surface area contributed by atoms with Gasteiger partial charge in [-0.1, -0.05) is 0 Å². The molecule has 0 saturated carbocycles. The van der Waals surface area contributed by atoms with Crippen molar-refractivity contribution in [1.29, 1.82) is 0 Å². The van der Waals surface area contributed by atoms with Gasteiger partial charge in [0.05, 0.1) is 17.2 Å². The maximum absolute atomic E-state index is 5.25. The van der Waals surface area contributed by atoms with Crippen LogP contribution in [0.3, 0.4) is 0 Å². The van der Waals surface area contributed by atoms with E-state index >= 15 is 0 Å². The molecule has 0 bridgehead atoms. The molecule has 5 heteroatoms. The average molecular weight is 293 g/mol. The van der Waals surface area contributed by atoms with E-state index in [0.29, 0.717) is 27.1 Å². The van der Waals surface area contributed by atoms with Crippen molar-refractivity contribution in [3.63, 3.8) is 0 Å². The fourth-order valence-corrected chi connectivity index (χ4v) is 1.66. The molecule has 1 aromatic heterocycles. The summed E-state index contributed by atoms with van der Waals surface area (Å²) in [5.41, 5.74) is 1.41. The fraction of sp³-hybridized carbons (Fsp3) is 0. The number of ether oxygens (including phenoxy) is 2. The highest BCUT2D eigenvalue weighted by Crippen LogP contribution is 2.32. The zero-order chi connectivity index (χ0) is 12.3. The number of nitrogens with zero attached hydrogens (tertiary/aromatic N) is 2. The molecule has 0 atom stereocenters. The third-order valence-electron chi connectivity index (χ3n) is 2.00. The Bertz CT molecular complexity index is 531. The van der Waals surface area contributed by atoms with Gasteiger partial charge in [0.15, 0.2) is 11.5 Å². The first-order valence-electron chi connectivity index (χ1n) is 4.76. The third-order valence-corrected chi connectivity index (χ3v) is 2.38. The molecule has 0 spiro atoms. The van der Waals surface area contributed by atoms with Crippen molar-refractivity contribution in [1.82, 2.24) is 9.97 Å². The van der Waals surface area contributed by atoms with Crippen LogP contribution in [0.25, 0.3) is 11.0 Å². The highest BCUT2D eigenvalue weighted by Gasteiger charge is 2.09. The van der Waals surface area contributed by atoms with Crippen LogP contribution >= 0.6 is 15.9 Å². The molecule has 4 radical (unpaired) electrons. The summed E-state index contributed by atoms with van der Waals surface area (Å²) >= 11 is 3.26. The van der Waals surface area contributed by atoms with Gasteiger partial charge in [-0.3, -0.25) is 4.98 Å². The van der Waals surface area contributed by atoms with Crippen molar-refractivity contribution in [2.75, 3.05) is 0 Å². The lowest BCUT2D eigenvalue weighted by Crippen LogP contribution is -1.95. The van der Waals surface area contributed by atoms with E-state index in [9.17, 15) is 0 Å². The molecule has 0 aliphatic heterocycles. The van der Waals surface area contributed by atoms with Crippen LogP contribution in [0.5, 0.6) is 11.5 Å². The quantitative estimate of drug-likeness (QED) is 0.868. The summed E-state index contributed by atoms with van der Waals surface area (Å²) < 4.78 is 11.1. The summed E-state index contributed by atoms with van der Waals surface area (Å²) in [4.78, 5) is 8.50. The molecule has 17 heavy (non-hydrogen) atoms. The van der Waals surface area contributed by atoms with E-state index in [0.717, 1.165) is 0 Å². The minimum absolute atomic E-state index is 0.514. The zero-order valence-electron chi connectivity index (χ0n) is 8.89. The Morgan fingerprint density at radius 2 is 1.65 bits per heavy atom. The second-order valence-corrected chi connectivity index (χ2v) is 3.86. The van der Waals surface area contributed by atoms with Gasteiger partial charge in [-0.05, 0) is 29.8 Å². The summed E-state index contributed by atoms with van der Waals surface area (Å²) in [6.45, 7) is 9.65. The molecule has 0 aliphatic rings. The summed E-state index contributed by atoms with van der Waals surface area (Å²) in [7, 11) is 0. The Morgan fingerprint density at radius 3 is 2.24 bits per heavy atom. The van der Waals surface area contributed by atoms with Crippen molar-refractivity contribution in [3.05, 3.63) is 50.0 Å². The molecule has 0 fully saturated rings. The van der Waals surface area contributed by atoms with Crippen molar-refractivity contribution in [2.24, 2.45) is 0 Å². The van der Waals surface area contributed by atoms with Gasteiger partial charge in [0, 0.05) is 12.1 Å². The number of benzene rings is 1. The SMILES string of the molecule is [CH2][CH]Oc1cc2ncc(Br)nc2cc1O[CH][CH2]. The van der Waals surface area contributed by atoms with Crippen LogP contribution in [0.1, 0.15) is 0 Å². The van der Waals surface area contributed by atoms with Gasteiger partial charge < -0.3 is 9.47 Å². The number of fused-ring (bicyclic) bond motifs is 1. The smallest absolute Gasteiger partial charge is 0.164 e. The number of aromatic nitrogens is 2. The Kier molecular flexibility index (Phi) is 3.78. The second kappa shape index (κ2) is 5.31. The largest absolute Gasteiger partial charge is 0.483 e. The van der Waals surface area contributed by atoms with Crippen molar-refractivity contribution >= 4 is 27.0 Å². The topological polar surface area (TPSA) is 44.2 Å². The first kappa shape index (κ1) is 12.1. The summed E-state index contributed by atoms with van der Waals surface area (Å²) in [5.74, 6) is 1.03. The Morgan fingerprint density at radius 1 is 1.06 bits per heavy atom. The molecule has 0 amide bonds. The number of rotatable bonds is 4. The van der Waals surface area contributed by atoms with Gasteiger partial charge in [-0.15, -0.1) is 0 Å². The minimum atomic E-state index is 0.514. The predicted octanol–water partition coefficient (Wildman–Crippen LogP) is 3.14. The van der Waals surface area contributed by atoms with Gasteiger partial charge in [-0.2, -0.15) is 0 Å². The summed E-state index contributed by atoms with van der Waals surface area (Å²) in [6, 6.07) is 3.46. The minimum Gasteiger partial charge on any atom is -0.483 e. The van der Waals surface area contributed by atoms with E-state index in [1.54, 1.807) is 18.3 Å². The molecule has 4 nitrogen and oxygen atoms in total. The Labute approximate surface area is 108 Å². The molecule has 2 aromatic rings. The van der Waals surface area contributed by atoms with E-state index in [1.807, 2.05) is 0 Å². The third kappa shape index (κ3) is 2.66. The maximum atomic E-state index is 5.25. The van der Waals surface area contributed by atoms with Crippen molar-refractivity contribution in [2.45, 2.75) is 0 Å². The van der Waals surface area contributed by atoms with Crippen molar-refractivity contribution in [3.8, 4) is 11.5 Å². The predicted molar refractivity (Wildman–Crippen MR) is 67.8 cm³/mol. The van der Waals surface area contributed by atoms with E-state index < -0.39 is 0 Å². The highest BCUT2D eigenvalue weighted by atomic mass is 79.9. The molecule has 0 saturated heterocycles. The van der Waals surface area contributed by atoms with Gasteiger partial charge >= 0.3 is 0 Å². The zero-order valence-corrected chi connectivity index (χ0v) is 10.5. The maximum Gasteiger partial charge on any atom is 0.164 e. The number of hydrogen-bond donors (Lipinski definition) is 0. The molecule has 86 valence electrons. The molecular formula is C12H9BrN2O2. The fourth-order valence-electron chi connectivity index (χ4n) is 1.36.